The number of anilines is 2. The van der Waals surface area contributed by atoms with Crippen molar-refractivity contribution in [2.45, 2.75) is 0 Å². The summed E-state index contributed by atoms with van der Waals surface area (Å²) in [7, 11) is 0. The van der Waals surface area contributed by atoms with E-state index < -0.39 is 0 Å². The van der Waals surface area contributed by atoms with E-state index in [2.05, 4.69) is 25.2 Å². The van der Waals surface area contributed by atoms with Crippen molar-refractivity contribution >= 4 is 23.0 Å². The van der Waals surface area contributed by atoms with E-state index in [0.717, 1.165) is 5.56 Å². The molecular weight excluding hydrogens is 278 g/mol. The Labute approximate surface area is 126 Å². The predicted molar refractivity (Wildman–Crippen MR) is 84.7 cm³/mol. The second-order valence-electron chi connectivity index (χ2n) is 4.44. The Morgan fingerprint density at radius 1 is 0.773 bits per heavy atom. The first-order valence-corrected chi connectivity index (χ1v) is 6.54. The molecule has 0 aliphatic heterocycles. The molecule has 0 amide bonds. The summed E-state index contributed by atoms with van der Waals surface area (Å²) < 4.78 is 0. The molecule has 0 fully saturated rings. The Balaban J connectivity index is 1.95. The minimum Gasteiger partial charge on any atom is -0.382 e. The normalized spacial score (nSPS) is 10.9. The molecule has 108 valence electrons. The van der Waals surface area contributed by atoms with E-state index in [9.17, 15) is 0 Å². The Bertz CT molecular complexity index is 778. The summed E-state index contributed by atoms with van der Waals surface area (Å²) in [5, 5.41) is 8.12. The number of hydrogen-bond acceptors (Lipinski definition) is 7. The minimum absolute atomic E-state index is 0.180. The van der Waals surface area contributed by atoms with Gasteiger partial charge in [0.15, 0.2) is 23.1 Å². The van der Waals surface area contributed by atoms with E-state index in [-0.39, 0.29) is 17.3 Å². The van der Waals surface area contributed by atoms with Gasteiger partial charge in [0.1, 0.15) is 0 Å². The SMILES string of the molecule is Nc1nc(-c2ccncc2)nc(N)c1N=Nc1ccccc1. The van der Waals surface area contributed by atoms with Crippen molar-refractivity contribution in [3.63, 3.8) is 0 Å². The molecule has 2 aromatic heterocycles. The maximum absolute atomic E-state index is 5.92. The first kappa shape index (κ1) is 13.6. The topological polar surface area (TPSA) is 115 Å². The maximum atomic E-state index is 5.92. The fourth-order valence-corrected chi connectivity index (χ4v) is 1.83. The molecule has 0 spiro atoms. The molecule has 7 nitrogen and oxygen atoms in total. The number of nitrogen functional groups attached to an aromatic ring is 2. The average Bonchev–Trinajstić information content (AvgIpc) is 2.56. The number of pyridine rings is 1. The van der Waals surface area contributed by atoms with Crippen LogP contribution in [0.2, 0.25) is 0 Å². The van der Waals surface area contributed by atoms with Crippen molar-refractivity contribution in [2.75, 3.05) is 11.5 Å². The van der Waals surface area contributed by atoms with Crippen LogP contribution in [0.15, 0.2) is 65.1 Å². The number of hydrogen-bond donors (Lipinski definition) is 2. The van der Waals surface area contributed by atoms with Gasteiger partial charge in [0, 0.05) is 18.0 Å². The fraction of sp³-hybridized carbons (Fsp3) is 0. The molecular formula is C15H13N7. The molecule has 22 heavy (non-hydrogen) atoms. The summed E-state index contributed by atoms with van der Waals surface area (Å²) in [5.74, 6) is 0.786. The third-order valence-electron chi connectivity index (χ3n) is 2.90. The highest BCUT2D eigenvalue weighted by atomic mass is 15.2. The van der Waals surface area contributed by atoms with Crippen LogP contribution in [0.5, 0.6) is 0 Å². The zero-order valence-electron chi connectivity index (χ0n) is 11.6. The smallest absolute Gasteiger partial charge is 0.170 e. The van der Waals surface area contributed by atoms with E-state index in [0.29, 0.717) is 11.5 Å². The predicted octanol–water partition coefficient (Wildman–Crippen LogP) is 3.12. The molecule has 7 heteroatoms. The van der Waals surface area contributed by atoms with Gasteiger partial charge < -0.3 is 11.5 Å². The number of rotatable bonds is 3. The Morgan fingerprint density at radius 2 is 1.41 bits per heavy atom. The van der Waals surface area contributed by atoms with Gasteiger partial charge in [-0.15, -0.1) is 5.11 Å². The monoisotopic (exact) mass is 291 g/mol. The Hall–Kier alpha value is -3.35. The van der Waals surface area contributed by atoms with Crippen LogP contribution in [0, 0.1) is 0 Å². The van der Waals surface area contributed by atoms with Crippen molar-refractivity contribution in [3.05, 3.63) is 54.9 Å². The van der Waals surface area contributed by atoms with Crippen molar-refractivity contribution < 1.29 is 0 Å². The van der Waals surface area contributed by atoms with Crippen molar-refractivity contribution in [1.82, 2.24) is 15.0 Å². The second-order valence-corrected chi connectivity index (χ2v) is 4.44. The highest BCUT2D eigenvalue weighted by Crippen LogP contribution is 2.30. The van der Waals surface area contributed by atoms with Gasteiger partial charge in [-0.05, 0) is 24.3 Å². The van der Waals surface area contributed by atoms with Crippen LogP contribution >= 0.6 is 0 Å². The lowest BCUT2D eigenvalue weighted by molar-refractivity contribution is 1.14. The number of aromatic nitrogens is 3. The number of benzene rings is 1. The van der Waals surface area contributed by atoms with Crippen molar-refractivity contribution in [2.24, 2.45) is 10.2 Å². The van der Waals surface area contributed by atoms with Gasteiger partial charge in [-0.2, -0.15) is 5.11 Å². The van der Waals surface area contributed by atoms with Crippen LogP contribution in [0.3, 0.4) is 0 Å². The van der Waals surface area contributed by atoms with Crippen LogP contribution in [0.4, 0.5) is 23.0 Å². The molecule has 3 aromatic rings. The molecule has 0 aliphatic carbocycles. The molecule has 0 radical (unpaired) electrons. The summed E-state index contributed by atoms with van der Waals surface area (Å²) in [6.07, 6.45) is 3.29. The molecule has 0 atom stereocenters. The molecule has 0 bridgehead atoms. The van der Waals surface area contributed by atoms with Crippen LogP contribution in [-0.4, -0.2) is 15.0 Å². The van der Waals surface area contributed by atoms with Crippen LogP contribution in [-0.2, 0) is 0 Å². The van der Waals surface area contributed by atoms with Crippen LogP contribution < -0.4 is 11.5 Å². The number of azo groups is 1. The summed E-state index contributed by atoms with van der Waals surface area (Å²) in [6.45, 7) is 0. The van der Waals surface area contributed by atoms with Crippen LogP contribution in [0.1, 0.15) is 0 Å². The maximum Gasteiger partial charge on any atom is 0.170 e. The third-order valence-corrected chi connectivity index (χ3v) is 2.90. The van der Waals surface area contributed by atoms with Gasteiger partial charge in [0.25, 0.3) is 0 Å². The zero-order valence-corrected chi connectivity index (χ0v) is 11.6. The van der Waals surface area contributed by atoms with Crippen LogP contribution in [0.25, 0.3) is 11.4 Å². The fourth-order valence-electron chi connectivity index (χ4n) is 1.83. The standard InChI is InChI=1S/C15H13N7/c16-13-12(22-21-11-4-2-1-3-5-11)14(17)20-15(19-13)10-6-8-18-9-7-10/h1-9H,(H4,16,17,19,20). The van der Waals surface area contributed by atoms with Gasteiger partial charge in [-0.25, -0.2) is 9.97 Å². The first-order chi connectivity index (χ1) is 10.7. The van der Waals surface area contributed by atoms with E-state index in [1.165, 1.54) is 0 Å². The van der Waals surface area contributed by atoms with Gasteiger partial charge in [-0.3, -0.25) is 4.98 Å². The number of nitrogens with two attached hydrogens (primary N) is 2. The molecule has 0 saturated heterocycles. The quantitative estimate of drug-likeness (QED) is 0.719. The summed E-state index contributed by atoms with van der Waals surface area (Å²) in [5.41, 5.74) is 13.6. The largest absolute Gasteiger partial charge is 0.382 e. The summed E-state index contributed by atoms with van der Waals surface area (Å²) in [6, 6.07) is 12.8. The lowest BCUT2D eigenvalue weighted by Gasteiger charge is -2.05. The van der Waals surface area contributed by atoms with Gasteiger partial charge >= 0.3 is 0 Å². The van der Waals surface area contributed by atoms with Crippen molar-refractivity contribution in [1.29, 1.82) is 0 Å². The lowest BCUT2D eigenvalue weighted by atomic mass is 10.2. The Kier molecular flexibility index (Phi) is 3.69. The Morgan fingerprint density at radius 3 is 2.05 bits per heavy atom. The van der Waals surface area contributed by atoms with Gasteiger partial charge in [-0.1, -0.05) is 18.2 Å². The van der Waals surface area contributed by atoms with Gasteiger partial charge in [0.05, 0.1) is 5.69 Å². The average molecular weight is 291 g/mol. The van der Waals surface area contributed by atoms with Gasteiger partial charge in [0.2, 0.25) is 0 Å². The highest BCUT2D eigenvalue weighted by Gasteiger charge is 2.11. The minimum atomic E-state index is 0.180. The van der Waals surface area contributed by atoms with Crippen molar-refractivity contribution in [3.8, 4) is 11.4 Å². The first-order valence-electron chi connectivity index (χ1n) is 6.54. The van der Waals surface area contributed by atoms with E-state index >= 15 is 0 Å². The van der Waals surface area contributed by atoms with E-state index in [1.807, 2.05) is 30.3 Å². The summed E-state index contributed by atoms with van der Waals surface area (Å²) >= 11 is 0. The summed E-state index contributed by atoms with van der Waals surface area (Å²) in [4.78, 5) is 12.4. The highest BCUT2D eigenvalue weighted by molar-refractivity contribution is 5.73. The zero-order chi connectivity index (χ0) is 15.4. The molecule has 0 aliphatic rings. The molecule has 4 N–H and O–H groups in total. The molecule has 3 rings (SSSR count). The van der Waals surface area contributed by atoms with E-state index in [1.54, 1.807) is 24.5 Å². The number of nitrogens with zero attached hydrogens (tertiary/aromatic N) is 5. The molecule has 0 saturated carbocycles. The second kappa shape index (κ2) is 5.96. The molecule has 2 heterocycles. The molecule has 1 aromatic carbocycles. The third kappa shape index (κ3) is 2.88. The molecule has 0 unspecified atom stereocenters. The van der Waals surface area contributed by atoms with E-state index in [4.69, 9.17) is 11.5 Å². The lowest BCUT2D eigenvalue weighted by Crippen LogP contribution is -2.01.